The molecule has 0 saturated carbocycles. The van der Waals surface area contributed by atoms with Crippen LogP contribution >= 0.6 is 0 Å². The Morgan fingerprint density at radius 2 is 1.95 bits per heavy atom. The summed E-state index contributed by atoms with van der Waals surface area (Å²) in [4.78, 5) is 10.1. The average Bonchev–Trinajstić information content (AvgIpc) is 2.76. The molecule has 6 nitrogen and oxygen atoms in total. The average molecular weight is 311 g/mol. The lowest BCUT2D eigenvalue weighted by molar-refractivity contribution is -0.730. The monoisotopic (exact) mass is 311 g/mol. The van der Waals surface area contributed by atoms with Gasteiger partial charge < -0.3 is 0 Å². The molecule has 2 aromatic rings. The zero-order chi connectivity index (χ0) is 16.5. The van der Waals surface area contributed by atoms with Crippen LogP contribution in [0.25, 0.3) is 0 Å². The van der Waals surface area contributed by atoms with E-state index >= 15 is 0 Å². The van der Waals surface area contributed by atoms with Gasteiger partial charge in [0.1, 0.15) is 5.69 Å². The Morgan fingerprint density at radius 1 is 1.36 bits per heavy atom. The van der Waals surface area contributed by atoms with E-state index in [1.54, 1.807) is 0 Å². The summed E-state index contributed by atoms with van der Waals surface area (Å²) in [6, 6.07) is 7.81. The summed E-state index contributed by atoms with van der Waals surface area (Å²) < 4.78 is 40.0. The van der Waals surface area contributed by atoms with E-state index in [0.29, 0.717) is 15.8 Å². The van der Waals surface area contributed by atoms with Crippen LogP contribution in [0.3, 0.4) is 0 Å². The second-order valence-electron chi connectivity index (χ2n) is 4.52. The van der Waals surface area contributed by atoms with Crippen molar-refractivity contribution in [3.8, 4) is 6.07 Å². The molecule has 0 saturated heterocycles. The molecule has 0 unspecified atom stereocenters. The van der Waals surface area contributed by atoms with Crippen LogP contribution in [0, 0.1) is 23.2 Å². The Labute approximate surface area is 122 Å². The maximum absolute atomic E-state index is 13.1. The lowest BCUT2D eigenvalue weighted by atomic mass is 10.1. The van der Waals surface area contributed by atoms with Gasteiger partial charge in [0.15, 0.2) is 0 Å². The maximum atomic E-state index is 13.1. The summed E-state index contributed by atoms with van der Waals surface area (Å²) in [5.41, 5.74) is -1.65. The van der Waals surface area contributed by atoms with Crippen LogP contribution in [0.15, 0.2) is 24.3 Å². The van der Waals surface area contributed by atoms with Gasteiger partial charge in [0, 0.05) is 0 Å². The molecule has 0 radical (unpaired) electrons. The van der Waals surface area contributed by atoms with E-state index in [1.807, 2.05) is 6.07 Å². The molecule has 0 aliphatic rings. The predicted octanol–water partition coefficient (Wildman–Crippen LogP) is 2.93. The third kappa shape index (κ3) is 2.90. The van der Waals surface area contributed by atoms with Gasteiger partial charge in [0.25, 0.3) is 4.92 Å². The number of aryl methyl sites for hydroxylation is 1. The smallest absolute Gasteiger partial charge is 0.249 e. The van der Waals surface area contributed by atoms with Crippen molar-refractivity contribution in [3.63, 3.8) is 0 Å². The molecule has 0 aliphatic heterocycles. The summed E-state index contributed by atoms with van der Waals surface area (Å²) in [7, 11) is 0. The van der Waals surface area contributed by atoms with Gasteiger partial charge in [-0.2, -0.15) is 23.5 Å². The summed E-state index contributed by atoms with van der Waals surface area (Å²) in [5, 5.41) is 21.2. The molecule has 0 fully saturated rings. The fourth-order valence-corrected chi connectivity index (χ4v) is 2.05. The molecule has 0 aliphatic carbocycles. The molecule has 1 heterocycles. The Kier molecular flexibility index (Phi) is 3.86. The van der Waals surface area contributed by atoms with Gasteiger partial charge in [0.2, 0.25) is 5.69 Å². The summed E-state index contributed by atoms with van der Waals surface area (Å²) >= 11 is 0. The quantitative estimate of drug-likeness (QED) is 0.884. The summed E-state index contributed by atoms with van der Waals surface area (Å²) in [5.74, 6) is 0. The van der Waals surface area contributed by atoms with Crippen LogP contribution in [-0.2, 0) is 12.7 Å². The fraction of sp³-hybridized carbons (Fsp3) is 0.231. The molecule has 22 heavy (non-hydrogen) atoms. The number of rotatable bonds is 3. The number of hydrogen-bond acceptors (Lipinski definition) is 3. The van der Waals surface area contributed by atoms with Gasteiger partial charge in [0.05, 0.1) is 23.1 Å². The van der Waals surface area contributed by atoms with Crippen LogP contribution < -0.4 is 0 Å². The van der Waals surface area contributed by atoms with E-state index in [9.17, 15) is 18.1 Å². The Balaban J connectivity index is 2.49. The normalized spacial score (nSPS) is 11.2. The van der Waals surface area contributed by atoms with E-state index in [2.05, 4.69) is 5.10 Å². The topological polar surface area (TPSA) is 81.9 Å². The van der Waals surface area contributed by atoms with Crippen molar-refractivity contribution >= 4 is 5.69 Å². The Bertz CT molecular complexity index is 757. The van der Waals surface area contributed by atoms with Crippen molar-refractivity contribution in [1.29, 1.82) is 5.26 Å². The molecule has 0 amide bonds. The molecule has 2 rings (SSSR count). The highest BCUT2D eigenvalue weighted by Gasteiger charge is 2.46. The van der Waals surface area contributed by atoms with E-state index in [-0.39, 0.29) is 12.2 Å². The van der Waals surface area contributed by atoms with Crippen molar-refractivity contribution in [2.24, 2.45) is 0 Å². The van der Waals surface area contributed by atoms with Crippen molar-refractivity contribution in [1.82, 2.24) is 9.78 Å². The Hall–Kier alpha value is -2.89. The Morgan fingerprint density at radius 3 is 2.41 bits per heavy atom. The highest BCUT2D eigenvalue weighted by atomic mass is 19.4. The molecule has 114 valence electrons. The first-order valence-electron chi connectivity index (χ1n) is 6.04. The van der Waals surface area contributed by atoms with Crippen molar-refractivity contribution in [2.45, 2.75) is 19.6 Å². The summed E-state index contributed by atoms with van der Waals surface area (Å²) in [6.45, 7) is 0.941. The van der Waals surface area contributed by atoms with Crippen LogP contribution in [0.1, 0.15) is 22.5 Å². The standard InChI is InChI=1S/C13H10F3N4O2/c1-8-11(20(21)22)12(13(14,15)16)19(18-8)7-10-4-2-9(6-17)3-5-10/h2-5H,7H2,1H3,(H,21,22)/q+1. The van der Waals surface area contributed by atoms with Crippen LogP contribution in [0.4, 0.5) is 18.9 Å². The lowest BCUT2D eigenvalue weighted by Crippen LogP contribution is -2.17. The zero-order valence-corrected chi connectivity index (χ0v) is 11.3. The fourth-order valence-electron chi connectivity index (χ4n) is 2.05. The molecule has 9 heteroatoms. The highest BCUT2D eigenvalue weighted by Crippen LogP contribution is 2.37. The van der Waals surface area contributed by atoms with Crippen LogP contribution in [0.2, 0.25) is 0 Å². The third-order valence-corrected chi connectivity index (χ3v) is 2.97. The number of alkyl halides is 3. The van der Waals surface area contributed by atoms with E-state index < -0.39 is 22.5 Å². The number of hydrogen-bond donors (Lipinski definition) is 1. The molecule has 0 atom stereocenters. The van der Waals surface area contributed by atoms with Crippen molar-refractivity contribution in [2.75, 3.05) is 0 Å². The number of nitrogens with zero attached hydrogens (tertiary/aromatic N) is 4. The van der Waals surface area contributed by atoms with Gasteiger partial charge in [-0.25, -0.2) is 9.89 Å². The molecular weight excluding hydrogens is 301 g/mol. The lowest BCUT2D eigenvalue weighted by Gasteiger charge is -2.09. The third-order valence-electron chi connectivity index (χ3n) is 2.97. The van der Waals surface area contributed by atoms with Crippen molar-refractivity contribution in [3.05, 3.63) is 51.7 Å². The second kappa shape index (κ2) is 5.48. The number of halogens is 3. The minimum Gasteiger partial charge on any atom is -0.249 e. The van der Waals surface area contributed by atoms with Gasteiger partial charge in [-0.15, -0.1) is 0 Å². The largest absolute Gasteiger partial charge is 0.440 e. The summed E-state index contributed by atoms with van der Waals surface area (Å²) in [6.07, 6.45) is -4.85. The number of aromatic nitrogens is 2. The first-order chi connectivity index (χ1) is 10.2. The van der Waals surface area contributed by atoms with Crippen LogP contribution in [0.5, 0.6) is 0 Å². The number of benzene rings is 1. The maximum Gasteiger partial charge on any atom is 0.440 e. The molecule has 0 spiro atoms. The first-order valence-corrected chi connectivity index (χ1v) is 6.04. The second-order valence-corrected chi connectivity index (χ2v) is 4.52. The highest BCUT2D eigenvalue weighted by molar-refractivity contribution is 5.42. The van der Waals surface area contributed by atoms with Crippen LogP contribution in [-0.4, -0.2) is 19.9 Å². The molecule has 0 bridgehead atoms. The minimum absolute atomic E-state index is 0.238. The zero-order valence-electron chi connectivity index (χ0n) is 11.3. The molecule has 1 N–H and O–H groups in total. The first kappa shape index (κ1) is 15.5. The van der Waals surface area contributed by atoms with Gasteiger partial charge in [-0.05, 0) is 24.6 Å². The van der Waals surface area contributed by atoms with E-state index in [4.69, 9.17) is 10.5 Å². The minimum atomic E-state index is -4.85. The van der Waals surface area contributed by atoms with Gasteiger partial charge in [-0.1, -0.05) is 12.1 Å². The molecule has 1 aromatic carbocycles. The molecular formula is C13H10F3N4O2+. The van der Waals surface area contributed by atoms with E-state index in [0.717, 1.165) is 0 Å². The molecule has 1 aromatic heterocycles. The SMILES string of the molecule is Cc1nn(Cc2ccc(C#N)cc2)c(C(F)(F)F)c1[N+](=O)O. The van der Waals surface area contributed by atoms with Crippen molar-refractivity contribution < 1.29 is 23.3 Å². The number of nitriles is 1. The van der Waals surface area contributed by atoms with Gasteiger partial charge >= 0.3 is 11.9 Å². The van der Waals surface area contributed by atoms with Gasteiger partial charge in [-0.3, -0.25) is 0 Å². The predicted molar refractivity (Wildman–Crippen MR) is 67.3 cm³/mol. The van der Waals surface area contributed by atoms with E-state index in [1.165, 1.54) is 31.2 Å².